The lowest BCUT2D eigenvalue weighted by Gasteiger charge is -2.39. The first-order chi connectivity index (χ1) is 15.3. The Balaban J connectivity index is 1.27. The van der Waals surface area contributed by atoms with Crippen molar-refractivity contribution < 1.29 is 26.7 Å². The summed E-state index contributed by atoms with van der Waals surface area (Å²) in [4.78, 5) is 0. The van der Waals surface area contributed by atoms with Gasteiger partial charge in [0.15, 0.2) is 0 Å². The smallest absolute Gasteiger partial charge is 0.375 e. The molecular formula is C26H35F5O. The molecule has 0 bridgehead atoms. The predicted octanol–water partition coefficient (Wildman–Crippen LogP) is 8.41. The summed E-state index contributed by atoms with van der Waals surface area (Å²) >= 11 is 0. The molecule has 0 spiro atoms. The van der Waals surface area contributed by atoms with Gasteiger partial charge in [-0.1, -0.05) is 13.3 Å². The van der Waals surface area contributed by atoms with Crippen molar-refractivity contribution in [1.29, 1.82) is 0 Å². The van der Waals surface area contributed by atoms with E-state index < -0.39 is 23.4 Å². The second-order valence-corrected chi connectivity index (χ2v) is 10.3. The van der Waals surface area contributed by atoms with Crippen LogP contribution in [0.15, 0.2) is 12.1 Å². The van der Waals surface area contributed by atoms with Gasteiger partial charge in [0.05, 0.1) is 12.2 Å². The van der Waals surface area contributed by atoms with E-state index in [0.29, 0.717) is 35.5 Å². The molecule has 32 heavy (non-hydrogen) atoms. The highest BCUT2D eigenvalue weighted by Crippen LogP contribution is 2.46. The van der Waals surface area contributed by atoms with E-state index in [9.17, 15) is 22.0 Å². The van der Waals surface area contributed by atoms with Crippen LogP contribution in [-0.2, 0) is 10.9 Å². The lowest BCUT2D eigenvalue weighted by atomic mass is 9.67. The number of hydrogen-bond acceptors (Lipinski definition) is 1. The fourth-order valence-electron chi connectivity index (χ4n) is 6.63. The Morgan fingerprint density at radius 2 is 1.31 bits per heavy atom. The minimum Gasteiger partial charge on any atom is -0.375 e. The van der Waals surface area contributed by atoms with Crippen molar-refractivity contribution >= 4 is 0 Å². The fourth-order valence-corrected chi connectivity index (χ4v) is 6.63. The van der Waals surface area contributed by atoms with Gasteiger partial charge in [-0.2, -0.15) is 13.2 Å². The average Bonchev–Trinajstić information content (AvgIpc) is 3.21. The van der Waals surface area contributed by atoms with Crippen molar-refractivity contribution in [3.05, 3.63) is 34.9 Å². The first-order valence-corrected chi connectivity index (χ1v) is 12.5. The van der Waals surface area contributed by atoms with Gasteiger partial charge in [-0.25, -0.2) is 8.78 Å². The first kappa shape index (κ1) is 24.0. The molecule has 0 amide bonds. The van der Waals surface area contributed by atoms with Crippen LogP contribution in [0, 0.1) is 29.4 Å². The van der Waals surface area contributed by atoms with Gasteiger partial charge in [0.25, 0.3) is 0 Å². The SMILES string of the molecule is CCCC1CCC(C2CCC(C3CCC(c4cc(F)c(C(F)(F)F)c(F)c4)CC3)CC2)O1. The summed E-state index contributed by atoms with van der Waals surface area (Å²) in [6, 6.07) is 1.80. The molecular weight excluding hydrogens is 423 g/mol. The normalized spacial score (nSPS) is 34.1. The molecule has 4 rings (SSSR count). The number of halogens is 5. The molecule has 1 heterocycles. The van der Waals surface area contributed by atoms with E-state index in [0.717, 1.165) is 37.8 Å². The standard InChI is InChI=1S/C26H35F5O/c1-2-3-21-12-13-24(32-21)19-10-8-17(9-11-19)16-4-6-18(7-5-16)20-14-22(27)25(23(28)15-20)26(29,30)31/h14-19,21,24H,2-13H2,1H3. The first-order valence-electron chi connectivity index (χ1n) is 12.5. The van der Waals surface area contributed by atoms with Crippen LogP contribution in [-0.4, -0.2) is 12.2 Å². The summed E-state index contributed by atoms with van der Waals surface area (Å²) < 4.78 is 72.8. The van der Waals surface area contributed by atoms with Crippen LogP contribution in [0.2, 0.25) is 0 Å². The fraction of sp³-hybridized carbons (Fsp3) is 0.769. The Morgan fingerprint density at radius 3 is 1.84 bits per heavy atom. The number of hydrogen-bond donors (Lipinski definition) is 0. The third-order valence-electron chi connectivity index (χ3n) is 8.35. The van der Waals surface area contributed by atoms with Crippen molar-refractivity contribution in [2.24, 2.45) is 17.8 Å². The summed E-state index contributed by atoms with van der Waals surface area (Å²) in [6.07, 6.45) is 9.09. The summed E-state index contributed by atoms with van der Waals surface area (Å²) in [6.45, 7) is 2.21. The molecule has 3 fully saturated rings. The topological polar surface area (TPSA) is 9.23 Å². The molecule has 2 saturated carbocycles. The van der Waals surface area contributed by atoms with E-state index in [-0.39, 0.29) is 5.92 Å². The van der Waals surface area contributed by atoms with Gasteiger partial charge in [-0.15, -0.1) is 0 Å². The number of benzene rings is 1. The Bertz CT molecular complexity index is 737. The quantitative estimate of drug-likeness (QED) is 0.403. The molecule has 2 atom stereocenters. The maximum absolute atomic E-state index is 14.0. The van der Waals surface area contributed by atoms with Crippen LogP contribution in [0.1, 0.15) is 101 Å². The highest BCUT2D eigenvalue weighted by molar-refractivity contribution is 5.30. The van der Waals surface area contributed by atoms with Gasteiger partial charge in [0.2, 0.25) is 0 Å². The molecule has 180 valence electrons. The predicted molar refractivity (Wildman–Crippen MR) is 114 cm³/mol. The molecule has 0 N–H and O–H groups in total. The third-order valence-corrected chi connectivity index (χ3v) is 8.35. The van der Waals surface area contributed by atoms with Crippen molar-refractivity contribution in [2.45, 2.75) is 108 Å². The van der Waals surface area contributed by atoms with Crippen LogP contribution in [0.4, 0.5) is 22.0 Å². The summed E-state index contributed by atoms with van der Waals surface area (Å²) in [5.74, 6) is -1.06. The molecule has 1 saturated heterocycles. The van der Waals surface area contributed by atoms with Gasteiger partial charge >= 0.3 is 6.18 Å². The van der Waals surface area contributed by atoms with Gasteiger partial charge in [0, 0.05) is 0 Å². The molecule has 1 aromatic rings. The zero-order chi connectivity index (χ0) is 22.9. The molecule has 0 radical (unpaired) electrons. The summed E-state index contributed by atoms with van der Waals surface area (Å²) in [5, 5.41) is 0. The van der Waals surface area contributed by atoms with E-state index in [2.05, 4.69) is 6.92 Å². The van der Waals surface area contributed by atoms with E-state index in [4.69, 9.17) is 4.74 Å². The Hall–Kier alpha value is -1.17. The maximum atomic E-state index is 14.0. The lowest BCUT2D eigenvalue weighted by Crippen LogP contribution is -2.30. The van der Waals surface area contributed by atoms with Crippen LogP contribution in [0.3, 0.4) is 0 Å². The highest BCUT2D eigenvalue weighted by Gasteiger charge is 2.39. The molecule has 2 aliphatic carbocycles. The Labute approximate surface area is 188 Å². The van der Waals surface area contributed by atoms with Crippen LogP contribution in [0.25, 0.3) is 0 Å². The van der Waals surface area contributed by atoms with Crippen molar-refractivity contribution in [3.63, 3.8) is 0 Å². The summed E-state index contributed by atoms with van der Waals surface area (Å²) in [7, 11) is 0. The van der Waals surface area contributed by atoms with E-state index >= 15 is 0 Å². The molecule has 1 aromatic carbocycles. The second kappa shape index (κ2) is 9.99. The van der Waals surface area contributed by atoms with Crippen molar-refractivity contribution in [1.82, 2.24) is 0 Å². The molecule has 1 nitrogen and oxygen atoms in total. The number of alkyl halides is 3. The monoisotopic (exact) mass is 458 g/mol. The number of rotatable bonds is 5. The minimum atomic E-state index is -5.01. The number of ether oxygens (including phenoxy) is 1. The molecule has 0 aromatic heterocycles. The average molecular weight is 459 g/mol. The van der Waals surface area contributed by atoms with E-state index in [1.165, 1.54) is 51.4 Å². The Kier molecular flexibility index (Phi) is 7.48. The molecule has 2 unspecified atom stereocenters. The molecule has 3 aliphatic rings. The largest absolute Gasteiger partial charge is 0.422 e. The Morgan fingerprint density at radius 1 is 0.781 bits per heavy atom. The lowest BCUT2D eigenvalue weighted by molar-refractivity contribution is -0.142. The van der Waals surface area contributed by atoms with Crippen molar-refractivity contribution in [3.8, 4) is 0 Å². The molecule has 1 aliphatic heterocycles. The zero-order valence-electron chi connectivity index (χ0n) is 18.9. The minimum absolute atomic E-state index is 0.0590. The second-order valence-electron chi connectivity index (χ2n) is 10.3. The van der Waals surface area contributed by atoms with Crippen LogP contribution in [0.5, 0.6) is 0 Å². The maximum Gasteiger partial charge on any atom is 0.422 e. The summed E-state index contributed by atoms with van der Waals surface area (Å²) in [5.41, 5.74) is -1.41. The van der Waals surface area contributed by atoms with E-state index in [1.807, 2.05) is 0 Å². The van der Waals surface area contributed by atoms with Gasteiger partial charge < -0.3 is 4.74 Å². The van der Waals surface area contributed by atoms with Crippen molar-refractivity contribution in [2.75, 3.05) is 0 Å². The van der Waals surface area contributed by atoms with Crippen LogP contribution >= 0.6 is 0 Å². The van der Waals surface area contributed by atoms with Gasteiger partial charge in [0.1, 0.15) is 17.2 Å². The van der Waals surface area contributed by atoms with Gasteiger partial charge in [-0.05, 0) is 112 Å². The zero-order valence-corrected chi connectivity index (χ0v) is 18.9. The highest BCUT2D eigenvalue weighted by atomic mass is 19.4. The van der Waals surface area contributed by atoms with Gasteiger partial charge in [-0.3, -0.25) is 0 Å². The van der Waals surface area contributed by atoms with Crippen LogP contribution < -0.4 is 0 Å². The third kappa shape index (κ3) is 5.31. The van der Waals surface area contributed by atoms with E-state index in [1.54, 1.807) is 0 Å². The molecule has 6 heteroatoms.